The molecule has 2 aromatic carbocycles. The summed E-state index contributed by atoms with van der Waals surface area (Å²) in [6.07, 6.45) is 0. The molecular weight excluding hydrogens is 481 g/mol. The molecule has 31 heavy (non-hydrogen) atoms. The molecule has 0 radical (unpaired) electrons. The molecule has 1 saturated heterocycles. The van der Waals surface area contributed by atoms with Crippen LogP contribution in [-0.2, 0) is 20.0 Å². The van der Waals surface area contributed by atoms with Crippen LogP contribution in [-0.4, -0.2) is 65.3 Å². The Balaban J connectivity index is 1.53. The maximum Gasteiger partial charge on any atom is 0.243 e. The van der Waals surface area contributed by atoms with E-state index in [0.717, 1.165) is 0 Å². The second-order valence-corrected chi connectivity index (χ2v) is 12.0. The number of hydrogen-bond acceptors (Lipinski definition) is 5. The van der Waals surface area contributed by atoms with E-state index in [1.165, 1.54) is 22.5 Å². The quantitative estimate of drug-likeness (QED) is 0.624. The lowest BCUT2D eigenvalue weighted by Gasteiger charge is -2.34. The molecule has 7 nitrogen and oxygen atoms in total. The Hall–Kier alpha value is -1.20. The van der Waals surface area contributed by atoms with Crippen molar-refractivity contribution < 1.29 is 16.8 Å². The van der Waals surface area contributed by atoms with Crippen molar-refractivity contribution in [3.63, 3.8) is 0 Å². The van der Waals surface area contributed by atoms with Crippen molar-refractivity contribution in [3.05, 3.63) is 57.6 Å². The molecule has 1 aliphatic heterocycles. The normalized spacial score (nSPS) is 16.5. The lowest BCUT2D eigenvalue weighted by molar-refractivity contribution is 0.191. The van der Waals surface area contributed by atoms with E-state index < -0.39 is 20.0 Å². The van der Waals surface area contributed by atoms with Gasteiger partial charge in [-0.15, -0.1) is 0 Å². The van der Waals surface area contributed by atoms with Crippen LogP contribution in [0, 0.1) is 13.8 Å². The van der Waals surface area contributed by atoms with E-state index in [9.17, 15) is 16.8 Å². The third-order valence-corrected chi connectivity index (χ3v) is 9.46. The summed E-state index contributed by atoms with van der Waals surface area (Å²) in [5.41, 5.74) is 1.40. The Morgan fingerprint density at radius 3 is 1.90 bits per heavy atom. The van der Waals surface area contributed by atoms with Gasteiger partial charge < -0.3 is 0 Å². The van der Waals surface area contributed by atoms with E-state index >= 15 is 0 Å². The summed E-state index contributed by atoms with van der Waals surface area (Å²) < 4.78 is 54.7. The standard InChI is InChI=1S/C20H25Cl2N3O4S2/c1-15-13-17(3-5-19(15)21)30(26,27)23-7-8-24-9-11-25(12-10-24)31(28,29)18-4-6-20(22)16(2)14-18/h3-6,13-14,23H,7-12H2,1-2H3. The zero-order chi connectivity index (χ0) is 22.8. The molecule has 1 heterocycles. The Kier molecular flexibility index (Phi) is 7.68. The van der Waals surface area contributed by atoms with Gasteiger partial charge in [-0.1, -0.05) is 23.2 Å². The number of sulfonamides is 2. The molecule has 0 spiro atoms. The second-order valence-electron chi connectivity index (χ2n) is 7.47. The number of nitrogens with zero attached hydrogens (tertiary/aromatic N) is 2. The van der Waals surface area contributed by atoms with Crippen molar-refractivity contribution in [3.8, 4) is 0 Å². The van der Waals surface area contributed by atoms with E-state index in [-0.39, 0.29) is 16.3 Å². The van der Waals surface area contributed by atoms with Crippen LogP contribution >= 0.6 is 23.2 Å². The fourth-order valence-corrected chi connectivity index (χ4v) is 6.17. The minimum absolute atomic E-state index is 0.170. The van der Waals surface area contributed by atoms with Crippen LogP contribution in [0.25, 0.3) is 0 Å². The fraction of sp³-hybridized carbons (Fsp3) is 0.400. The molecule has 11 heteroatoms. The third kappa shape index (κ3) is 5.78. The van der Waals surface area contributed by atoms with Crippen molar-refractivity contribution in [1.82, 2.24) is 13.9 Å². The summed E-state index contributed by atoms with van der Waals surface area (Å²) in [7, 11) is -7.22. The van der Waals surface area contributed by atoms with Crippen LogP contribution in [0.3, 0.4) is 0 Å². The molecule has 0 aliphatic carbocycles. The Labute approximate surface area is 194 Å². The fourth-order valence-electron chi connectivity index (χ4n) is 3.33. The minimum atomic E-state index is -3.63. The van der Waals surface area contributed by atoms with Gasteiger partial charge in [0.2, 0.25) is 20.0 Å². The lowest BCUT2D eigenvalue weighted by atomic mass is 10.2. The van der Waals surface area contributed by atoms with Gasteiger partial charge >= 0.3 is 0 Å². The van der Waals surface area contributed by atoms with Crippen LogP contribution in [0.1, 0.15) is 11.1 Å². The maximum atomic E-state index is 12.9. The predicted octanol–water partition coefficient (Wildman–Crippen LogP) is 2.90. The highest BCUT2D eigenvalue weighted by Gasteiger charge is 2.28. The summed E-state index contributed by atoms with van der Waals surface area (Å²) >= 11 is 12.0. The van der Waals surface area contributed by atoms with Crippen LogP contribution in [0.15, 0.2) is 46.2 Å². The average Bonchev–Trinajstić information content (AvgIpc) is 2.72. The van der Waals surface area contributed by atoms with Crippen LogP contribution in [0.2, 0.25) is 10.0 Å². The van der Waals surface area contributed by atoms with Gasteiger partial charge in [0.15, 0.2) is 0 Å². The number of hydrogen-bond donors (Lipinski definition) is 1. The van der Waals surface area contributed by atoms with Gasteiger partial charge in [-0.25, -0.2) is 21.6 Å². The molecule has 0 saturated carbocycles. The molecule has 3 rings (SSSR count). The van der Waals surface area contributed by atoms with E-state index in [4.69, 9.17) is 23.2 Å². The van der Waals surface area contributed by atoms with Gasteiger partial charge in [0, 0.05) is 49.3 Å². The molecule has 0 aromatic heterocycles. The number of halogens is 2. The van der Waals surface area contributed by atoms with Crippen molar-refractivity contribution in [2.45, 2.75) is 23.6 Å². The van der Waals surface area contributed by atoms with E-state index in [0.29, 0.717) is 53.9 Å². The molecule has 2 aromatic rings. The maximum absolute atomic E-state index is 12.9. The smallest absolute Gasteiger partial charge is 0.243 e. The summed E-state index contributed by atoms with van der Waals surface area (Å²) in [6, 6.07) is 9.26. The highest BCUT2D eigenvalue weighted by atomic mass is 35.5. The highest BCUT2D eigenvalue weighted by Crippen LogP contribution is 2.23. The summed E-state index contributed by atoms with van der Waals surface area (Å²) in [5.74, 6) is 0. The zero-order valence-electron chi connectivity index (χ0n) is 17.3. The number of aryl methyl sites for hydroxylation is 2. The molecule has 0 bridgehead atoms. The number of rotatable bonds is 7. The zero-order valence-corrected chi connectivity index (χ0v) is 20.5. The second kappa shape index (κ2) is 9.74. The van der Waals surface area contributed by atoms with Gasteiger partial charge in [0.1, 0.15) is 0 Å². The summed E-state index contributed by atoms with van der Waals surface area (Å²) in [5, 5.41) is 1.04. The van der Waals surface area contributed by atoms with Crippen molar-refractivity contribution in [2.75, 3.05) is 39.3 Å². The number of nitrogens with one attached hydrogen (secondary N) is 1. The Bertz CT molecular complexity index is 1160. The number of piperazine rings is 1. The lowest BCUT2D eigenvalue weighted by Crippen LogP contribution is -2.50. The van der Waals surface area contributed by atoms with E-state index in [1.807, 2.05) is 4.90 Å². The molecule has 1 N–H and O–H groups in total. The molecule has 1 aliphatic rings. The van der Waals surface area contributed by atoms with Gasteiger partial charge in [-0.3, -0.25) is 4.90 Å². The summed E-state index contributed by atoms with van der Waals surface area (Å²) in [4.78, 5) is 2.44. The first kappa shape index (κ1) is 24.4. The Morgan fingerprint density at radius 1 is 0.839 bits per heavy atom. The first-order valence-corrected chi connectivity index (χ1v) is 13.4. The van der Waals surface area contributed by atoms with Crippen molar-refractivity contribution in [1.29, 1.82) is 0 Å². The molecule has 0 atom stereocenters. The Morgan fingerprint density at radius 2 is 1.35 bits per heavy atom. The van der Waals surface area contributed by atoms with Crippen LogP contribution in [0.5, 0.6) is 0 Å². The first-order valence-electron chi connectivity index (χ1n) is 9.75. The van der Waals surface area contributed by atoms with Gasteiger partial charge in [-0.2, -0.15) is 4.31 Å². The first-order chi connectivity index (χ1) is 14.5. The van der Waals surface area contributed by atoms with Crippen LogP contribution < -0.4 is 4.72 Å². The van der Waals surface area contributed by atoms with Gasteiger partial charge in [0.05, 0.1) is 9.79 Å². The van der Waals surface area contributed by atoms with E-state index in [1.54, 1.807) is 32.0 Å². The highest BCUT2D eigenvalue weighted by molar-refractivity contribution is 7.89. The van der Waals surface area contributed by atoms with Gasteiger partial charge in [-0.05, 0) is 61.4 Å². The van der Waals surface area contributed by atoms with Crippen molar-refractivity contribution >= 4 is 43.2 Å². The predicted molar refractivity (Wildman–Crippen MR) is 123 cm³/mol. The summed E-state index contributed by atoms with van der Waals surface area (Å²) in [6.45, 7) is 5.96. The topological polar surface area (TPSA) is 86.8 Å². The minimum Gasteiger partial charge on any atom is -0.299 e. The van der Waals surface area contributed by atoms with Crippen molar-refractivity contribution in [2.24, 2.45) is 0 Å². The molecule has 0 unspecified atom stereocenters. The van der Waals surface area contributed by atoms with E-state index in [2.05, 4.69) is 4.72 Å². The molecule has 1 fully saturated rings. The van der Waals surface area contributed by atoms with Crippen LogP contribution in [0.4, 0.5) is 0 Å². The number of benzene rings is 2. The third-order valence-electron chi connectivity index (χ3n) is 5.26. The molecule has 0 amide bonds. The molecular formula is C20H25Cl2N3O4S2. The SMILES string of the molecule is Cc1cc(S(=O)(=O)NCCN2CCN(S(=O)(=O)c3ccc(Cl)c(C)c3)CC2)ccc1Cl. The van der Waals surface area contributed by atoms with Gasteiger partial charge in [0.25, 0.3) is 0 Å². The average molecular weight is 506 g/mol. The molecule has 170 valence electrons. The monoisotopic (exact) mass is 505 g/mol. The largest absolute Gasteiger partial charge is 0.299 e.